The number of carbonyl (C=O) groups excluding carboxylic acids is 3. The number of thiophene rings is 1. The Morgan fingerprint density at radius 3 is 1.86 bits per heavy atom. The number of benzene rings is 1. The molecule has 0 saturated heterocycles. The number of esters is 3. The molecule has 1 aromatic heterocycles. The number of rotatable bonds is 5. The first kappa shape index (κ1) is 22.3. The monoisotopic (exact) mass is 436 g/mol. The zero-order valence-electron chi connectivity index (χ0n) is 16.5. The van der Waals surface area contributed by atoms with Gasteiger partial charge >= 0.3 is 17.9 Å². The van der Waals surface area contributed by atoms with Crippen LogP contribution >= 0.6 is 23.6 Å². The molecule has 10 heteroatoms. The first-order valence-electron chi connectivity index (χ1n) is 8.29. The molecule has 0 radical (unpaired) electrons. The van der Waals surface area contributed by atoms with E-state index in [4.69, 9.17) is 26.4 Å². The fourth-order valence-corrected chi connectivity index (χ4v) is 3.84. The molecule has 0 atom stereocenters. The zero-order chi connectivity index (χ0) is 21.7. The molecule has 1 aromatic carbocycles. The van der Waals surface area contributed by atoms with Gasteiger partial charge in [-0.3, -0.25) is 0 Å². The third kappa shape index (κ3) is 5.09. The maximum atomic E-state index is 12.1. The maximum Gasteiger partial charge on any atom is 0.341 e. The summed E-state index contributed by atoms with van der Waals surface area (Å²) >= 11 is 6.69. The van der Waals surface area contributed by atoms with E-state index in [1.807, 2.05) is 13.8 Å². The van der Waals surface area contributed by atoms with Crippen LogP contribution in [0.25, 0.3) is 0 Å². The second-order valence-electron chi connectivity index (χ2n) is 5.84. The van der Waals surface area contributed by atoms with Crippen LogP contribution in [-0.4, -0.2) is 44.3 Å². The zero-order valence-corrected chi connectivity index (χ0v) is 18.1. The molecule has 0 unspecified atom stereocenters. The van der Waals surface area contributed by atoms with E-state index in [0.717, 1.165) is 10.4 Å². The van der Waals surface area contributed by atoms with Gasteiger partial charge in [0, 0.05) is 10.6 Å². The molecule has 154 valence electrons. The minimum absolute atomic E-state index is 0.152. The third-order valence-electron chi connectivity index (χ3n) is 4.03. The second-order valence-corrected chi connectivity index (χ2v) is 7.47. The van der Waals surface area contributed by atoms with E-state index in [2.05, 4.69) is 10.6 Å². The normalized spacial score (nSPS) is 10.1. The van der Waals surface area contributed by atoms with Gasteiger partial charge < -0.3 is 24.8 Å². The van der Waals surface area contributed by atoms with Crippen molar-refractivity contribution in [1.82, 2.24) is 0 Å². The average molecular weight is 437 g/mol. The minimum Gasteiger partial charge on any atom is -0.465 e. The SMILES string of the molecule is COC(=O)c1cc(NC(=S)Nc2sc(C)c(C)c2C(=O)OC)cc(C(=O)OC)c1. The van der Waals surface area contributed by atoms with Crippen LogP contribution in [0, 0.1) is 13.8 Å². The van der Waals surface area contributed by atoms with Gasteiger partial charge in [-0.2, -0.15) is 0 Å². The van der Waals surface area contributed by atoms with Crippen LogP contribution in [0.15, 0.2) is 18.2 Å². The lowest BCUT2D eigenvalue weighted by Crippen LogP contribution is -2.21. The number of ether oxygens (including phenoxy) is 3. The predicted octanol–water partition coefficient (Wildman–Crippen LogP) is 3.53. The fourth-order valence-electron chi connectivity index (χ4n) is 2.50. The van der Waals surface area contributed by atoms with Crippen molar-refractivity contribution in [3.63, 3.8) is 0 Å². The summed E-state index contributed by atoms with van der Waals surface area (Å²) in [5.74, 6) is -1.71. The van der Waals surface area contributed by atoms with E-state index in [9.17, 15) is 14.4 Å². The van der Waals surface area contributed by atoms with E-state index < -0.39 is 17.9 Å². The molecule has 0 aliphatic rings. The lowest BCUT2D eigenvalue weighted by molar-refractivity contribution is 0.0587. The molecule has 1 heterocycles. The molecule has 0 fully saturated rings. The van der Waals surface area contributed by atoms with Gasteiger partial charge in [0.2, 0.25) is 0 Å². The van der Waals surface area contributed by atoms with Gasteiger partial charge in [0.15, 0.2) is 5.11 Å². The molecule has 0 amide bonds. The summed E-state index contributed by atoms with van der Waals surface area (Å²) in [6.45, 7) is 3.71. The van der Waals surface area contributed by atoms with Crippen molar-refractivity contribution in [1.29, 1.82) is 0 Å². The van der Waals surface area contributed by atoms with Gasteiger partial charge in [0.1, 0.15) is 5.00 Å². The smallest absolute Gasteiger partial charge is 0.341 e. The standard InChI is InChI=1S/C19H20N2O6S2/c1-9-10(2)29-15(14(9)18(24)27-5)21-19(28)20-13-7-11(16(22)25-3)6-12(8-13)17(23)26-4/h6-8H,1-5H3,(H2,20,21,28). The minimum atomic E-state index is -0.616. The third-order valence-corrected chi connectivity index (χ3v) is 5.36. The first-order valence-corrected chi connectivity index (χ1v) is 9.52. The Balaban J connectivity index is 2.31. The van der Waals surface area contributed by atoms with Crippen LogP contribution in [0.4, 0.5) is 10.7 Å². The highest BCUT2D eigenvalue weighted by Gasteiger charge is 2.21. The summed E-state index contributed by atoms with van der Waals surface area (Å²) in [5, 5.41) is 6.56. The largest absolute Gasteiger partial charge is 0.465 e. The summed E-state index contributed by atoms with van der Waals surface area (Å²) in [4.78, 5) is 36.8. The van der Waals surface area contributed by atoms with Crippen LogP contribution in [0.1, 0.15) is 41.5 Å². The Labute approximate surface area is 177 Å². The highest BCUT2D eigenvalue weighted by Crippen LogP contribution is 2.33. The second kappa shape index (κ2) is 9.48. The van der Waals surface area contributed by atoms with E-state index >= 15 is 0 Å². The van der Waals surface area contributed by atoms with E-state index in [0.29, 0.717) is 16.3 Å². The molecule has 0 aliphatic carbocycles. The van der Waals surface area contributed by atoms with Crippen LogP contribution in [0.2, 0.25) is 0 Å². The van der Waals surface area contributed by atoms with Crippen molar-refractivity contribution >= 4 is 57.3 Å². The first-order chi connectivity index (χ1) is 13.7. The molecular weight excluding hydrogens is 416 g/mol. The van der Waals surface area contributed by atoms with Crippen LogP contribution in [0.3, 0.4) is 0 Å². The van der Waals surface area contributed by atoms with Crippen molar-refractivity contribution < 1.29 is 28.6 Å². The molecule has 0 bridgehead atoms. The number of aryl methyl sites for hydroxylation is 1. The Kier molecular flexibility index (Phi) is 7.29. The van der Waals surface area contributed by atoms with Crippen molar-refractivity contribution in [2.75, 3.05) is 32.0 Å². The summed E-state index contributed by atoms with van der Waals surface area (Å²) in [6.07, 6.45) is 0. The molecule has 0 saturated carbocycles. The Hall–Kier alpha value is -2.98. The van der Waals surface area contributed by atoms with Gasteiger partial charge in [0.05, 0.1) is 38.0 Å². The number of anilines is 2. The molecule has 0 spiro atoms. The summed E-state index contributed by atoms with van der Waals surface area (Å²) < 4.78 is 14.3. The molecular formula is C19H20N2O6S2. The predicted molar refractivity (Wildman–Crippen MR) is 114 cm³/mol. The van der Waals surface area contributed by atoms with Crippen molar-refractivity contribution in [2.45, 2.75) is 13.8 Å². The Morgan fingerprint density at radius 2 is 1.38 bits per heavy atom. The number of nitrogens with one attached hydrogen (secondary N) is 2. The van der Waals surface area contributed by atoms with Gasteiger partial charge in [-0.1, -0.05) is 0 Å². The van der Waals surface area contributed by atoms with Crippen LogP contribution < -0.4 is 10.6 Å². The van der Waals surface area contributed by atoms with Crippen molar-refractivity contribution in [2.24, 2.45) is 0 Å². The van der Waals surface area contributed by atoms with Gasteiger partial charge in [-0.25, -0.2) is 14.4 Å². The lowest BCUT2D eigenvalue weighted by Gasteiger charge is -2.13. The highest BCUT2D eigenvalue weighted by atomic mass is 32.1. The average Bonchev–Trinajstić information content (AvgIpc) is 2.98. The number of thiocarbonyl (C=S) groups is 1. The maximum absolute atomic E-state index is 12.1. The lowest BCUT2D eigenvalue weighted by atomic mass is 10.1. The highest BCUT2D eigenvalue weighted by molar-refractivity contribution is 7.80. The molecule has 29 heavy (non-hydrogen) atoms. The van der Waals surface area contributed by atoms with Crippen LogP contribution in [0.5, 0.6) is 0 Å². The van der Waals surface area contributed by atoms with Gasteiger partial charge in [0.25, 0.3) is 0 Å². The Morgan fingerprint density at radius 1 is 0.862 bits per heavy atom. The Bertz CT molecular complexity index is 949. The topological polar surface area (TPSA) is 103 Å². The summed E-state index contributed by atoms with van der Waals surface area (Å²) in [5.41, 5.74) is 1.87. The fraction of sp³-hybridized carbons (Fsp3) is 0.263. The molecule has 2 N–H and O–H groups in total. The quantitative estimate of drug-likeness (QED) is 0.414. The number of hydrogen-bond acceptors (Lipinski definition) is 8. The van der Waals surface area contributed by atoms with Gasteiger partial charge in [-0.15, -0.1) is 11.3 Å². The summed E-state index contributed by atoms with van der Waals surface area (Å²) in [6, 6.07) is 4.33. The molecule has 2 aromatic rings. The number of methoxy groups -OCH3 is 3. The van der Waals surface area contributed by atoms with E-state index in [1.165, 1.54) is 50.9 Å². The van der Waals surface area contributed by atoms with Crippen molar-refractivity contribution in [3.05, 3.63) is 45.3 Å². The molecule has 2 rings (SSSR count). The van der Waals surface area contributed by atoms with E-state index in [-0.39, 0.29) is 16.2 Å². The van der Waals surface area contributed by atoms with Crippen LogP contribution in [-0.2, 0) is 14.2 Å². The van der Waals surface area contributed by atoms with E-state index in [1.54, 1.807) is 0 Å². The molecule has 8 nitrogen and oxygen atoms in total. The molecule has 0 aliphatic heterocycles. The van der Waals surface area contributed by atoms with Crippen molar-refractivity contribution in [3.8, 4) is 0 Å². The number of carbonyl (C=O) groups is 3. The number of hydrogen-bond donors (Lipinski definition) is 2. The summed E-state index contributed by atoms with van der Waals surface area (Å²) in [7, 11) is 3.78. The van der Waals surface area contributed by atoms with Gasteiger partial charge in [-0.05, 0) is 49.8 Å².